The normalized spacial score (nSPS) is 19.7. The van der Waals surface area contributed by atoms with E-state index in [1.807, 2.05) is 43.9 Å². The van der Waals surface area contributed by atoms with Crippen molar-refractivity contribution in [3.05, 3.63) is 54.0 Å². The Morgan fingerprint density at radius 3 is 2.29 bits per heavy atom. The number of ether oxygens (including phenoxy) is 3. The van der Waals surface area contributed by atoms with Crippen molar-refractivity contribution in [3.8, 4) is 17.0 Å². The summed E-state index contributed by atoms with van der Waals surface area (Å²) in [6.07, 6.45) is 13.4. The quantitative estimate of drug-likeness (QED) is 0.205. The van der Waals surface area contributed by atoms with Crippen molar-refractivity contribution in [1.29, 1.82) is 0 Å². The molecule has 2 amide bonds. The Labute approximate surface area is 303 Å². The minimum Gasteiger partial charge on any atom is -0.495 e. The average molecular weight is 704 g/mol. The first-order valence-corrected chi connectivity index (χ1v) is 18.8. The van der Waals surface area contributed by atoms with Gasteiger partial charge in [0.25, 0.3) is 0 Å². The van der Waals surface area contributed by atoms with E-state index < -0.39 is 0 Å². The lowest BCUT2D eigenvalue weighted by atomic mass is 9.79. The van der Waals surface area contributed by atoms with Gasteiger partial charge >= 0.3 is 6.09 Å². The zero-order valence-electron chi connectivity index (χ0n) is 31.6. The summed E-state index contributed by atoms with van der Waals surface area (Å²) in [6.45, 7) is 12.1. The van der Waals surface area contributed by atoms with Gasteiger partial charge in [0.1, 0.15) is 23.5 Å². The number of carbonyl (C=O) groups is 2. The Bertz CT molecular complexity index is 1570. The molecule has 0 radical (unpaired) electrons. The summed E-state index contributed by atoms with van der Waals surface area (Å²) >= 11 is 0. The largest absolute Gasteiger partial charge is 0.495 e. The van der Waals surface area contributed by atoms with E-state index >= 15 is 0 Å². The van der Waals surface area contributed by atoms with Crippen LogP contribution in [0.3, 0.4) is 0 Å². The van der Waals surface area contributed by atoms with Gasteiger partial charge in [0, 0.05) is 41.8 Å². The number of amides is 2. The second-order valence-corrected chi connectivity index (χ2v) is 14.8. The number of hydrogen-bond donors (Lipinski definition) is 0. The van der Waals surface area contributed by atoms with Crippen LogP contribution in [0.2, 0.25) is 0 Å². The van der Waals surface area contributed by atoms with Gasteiger partial charge in [-0.05, 0) is 89.5 Å². The summed E-state index contributed by atoms with van der Waals surface area (Å²) in [5.41, 5.74) is 3.82. The fourth-order valence-electron chi connectivity index (χ4n) is 7.37. The van der Waals surface area contributed by atoms with Crippen molar-refractivity contribution in [3.63, 3.8) is 0 Å². The SMILES string of the molecule is COC(=O)N1CC(OC(C)C)C1.COc1ccc(C2CCC(CN(C(=O)C3CCCCC3)c3cc(-c4coc(C(C)C)n4)ccn3)CC2)nc1C. The topological polar surface area (TPSA) is 120 Å². The molecule has 3 aromatic rings. The third-order valence-corrected chi connectivity index (χ3v) is 10.3. The number of pyridine rings is 2. The molecule has 2 saturated carbocycles. The third kappa shape index (κ3) is 10.1. The van der Waals surface area contributed by atoms with Crippen LogP contribution in [0.25, 0.3) is 11.3 Å². The highest BCUT2D eigenvalue weighted by molar-refractivity contribution is 5.94. The van der Waals surface area contributed by atoms with Crippen LogP contribution in [0.15, 0.2) is 41.1 Å². The summed E-state index contributed by atoms with van der Waals surface area (Å²) in [5.74, 6) is 3.73. The number of oxazole rings is 1. The van der Waals surface area contributed by atoms with E-state index in [1.54, 1.807) is 24.5 Å². The minimum atomic E-state index is -0.265. The molecular weight excluding hydrogens is 646 g/mol. The maximum atomic E-state index is 13.9. The van der Waals surface area contributed by atoms with Crippen LogP contribution in [0.1, 0.15) is 115 Å². The second kappa shape index (κ2) is 18.0. The van der Waals surface area contributed by atoms with Gasteiger partial charge in [-0.2, -0.15) is 0 Å². The van der Waals surface area contributed by atoms with Crippen molar-refractivity contribution in [2.45, 2.75) is 116 Å². The maximum Gasteiger partial charge on any atom is 0.409 e. The minimum absolute atomic E-state index is 0.0895. The van der Waals surface area contributed by atoms with Crippen molar-refractivity contribution < 1.29 is 28.2 Å². The van der Waals surface area contributed by atoms with E-state index in [9.17, 15) is 9.59 Å². The number of nitrogens with zero attached hydrogens (tertiary/aromatic N) is 5. The van der Waals surface area contributed by atoms with Gasteiger partial charge in [0.15, 0.2) is 5.89 Å². The Morgan fingerprint density at radius 1 is 0.961 bits per heavy atom. The van der Waals surface area contributed by atoms with Crippen LogP contribution in [-0.2, 0) is 14.3 Å². The Morgan fingerprint density at radius 2 is 1.69 bits per heavy atom. The standard InChI is InChI=1S/C32H42N4O3.C8H15NO3/c1-21(2)31-35-28(20-39-31)26-16-17-33-30(18-26)36(32(37)25-8-6-5-7-9-25)19-23-10-12-24(13-11-23)27-14-15-29(38-4)22(3)34-27;1-6(2)12-7-4-9(5-7)8(10)11-3/h14-18,20-21,23-25H,5-13,19H2,1-4H3;6-7H,4-5H2,1-3H3. The molecule has 2 aliphatic carbocycles. The van der Waals surface area contributed by atoms with Crippen LogP contribution in [0.4, 0.5) is 10.6 Å². The molecule has 3 fully saturated rings. The molecule has 4 heterocycles. The number of aromatic nitrogens is 3. The fourth-order valence-corrected chi connectivity index (χ4v) is 7.37. The van der Waals surface area contributed by atoms with E-state index in [-0.39, 0.29) is 36.0 Å². The summed E-state index contributed by atoms with van der Waals surface area (Å²) in [6, 6.07) is 8.11. The van der Waals surface area contributed by atoms with E-state index in [0.29, 0.717) is 31.5 Å². The van der Waals surface area contributed by atoms with Gasteiger partial charge in [-0.3, -0.25) is 14.7 Å². The molecule has 0 bridgehead atoms. The zero-order chi connectivity index (χ0) is 36.5. The summed E-state index contributed by atoms with van der Waals surface area (Å²) in [5, 5.41) is 0. The van der Waals surface area contributed by atoms with Gasteiger partial charge in [0.2, 0.25) is 5.91 Å². The van der Waals surface area contributed by atoms with Gasteiger partial charge in [0.05, 0.1) is 45.2 Å². The molecule has 0 atom stereocenters. The number of rotatable bonds is 10. The molecule has 1 saturated heterocycles. The number of methoxy groups -OCH3 is 2. The molecule has 1 aliphatic heterocycles. The lowest BCUT2D eigenvalue weighted by Gasteiger charge is -2.38. The first-order chi connectivity index (χ1) is 24.6. The first kappa shape index (κ1) is 38.2. The summed E-state index contributed by atoms with van der Waals surface area (Å²) < 4.78 is 21.1. The van der Waals surface area contributed by atoms with Crippen LogP contribution >= 0.6 is 0 Å². The van der Waals surface area contributed by atoms with Crippen molar-refractivity contribution in [2.75, 3.05) is 38.8 Å². The van der Waals surface area contributed by atoms with E-state index in [2.05, 4.69) is 29.6 Å². The van der Waals surface area contributed by atoms with E-state index in [4.69, 9.17) is 23.9 Å². The molecule has 51 heavy (non-hydrogen) atoms. The number of anilines is 1. The number of hydrogen-bond acceptors (Lipinski definition) is 9. The molecule has 0 spiro atoms. The molecule has 11 heteroatoms. The molecule has 0 unspecified atom stereocenters. The molecule has 3 aromatic heterocycles. The van der Waals surface area contributed by atoms with Gasteiger partial charge in [-0.1, -0.05) is 33.1 Å². The van der Waals surface area contributed by atoms with Gasteiger partial charge in [-0.15, -0.1) is 0 Å². The summed E-state index contributed by atoms with van der Waals surface area (Å²) in [7, 11) is 3.08. The Kier molecular flexibility index (Phi) is 13.5. The molecule has 3 aliphatic rings. The molecular formula is C40H57N5O6. The monoisotopic (exact) mass is 703 g/mol. The lowest BCUT2D eigenvalue weighted by molar-refractivity contribution is -0.123. The smallest absolute Gasteiger partial charge is 0.409 e. The average Bonchev–Trinajstić information content (AvgIpc) is 3.63. The molecule has 0 N–H and O–H groups in total. The van der Waals surface area contributed by atoms with Crippen LogP contribution in [-0.4, -0.2) is 77.9 Å². The van der Waals surface area contributed by atoms with Crippen molar-refractivity contribution in [2.24, 2.45) is 11.8 Å². The molecule has 6 rings (SSSR count). The van der Waals surface area contributed by atoms with Crippen molar-refractivity contribution >= 4 is 17.8 Å². The van der Waals surface area contributed by atoms with Gasteiger partial charge in [-0.25, -0.2) is 14.8 Å². The Hall–Kier alpha value is -3.99. The third-order valence-electron chi connectivity index (χ3n) is 10.3. The highest BCUT2D eigenvalue weighted by atomic mass is 16.5. The van der Waals surface area contributed by atoms with Crippen LogP contribution in [0, 0.1) is 18.8 Å². The second-order valence-electron chi connectivity index (χ2n) is 14.8. The Balaban J connectivity index is 0.000000357. The zero-order valence-corrected chi connectivity index (χ0v) is 31.6. The van der Waals surface area contributed by atoms with Crippen LogP contribution < -0.4 is 9.64 Å². The predicted octanol–water partition coefficient (Wildman–Crippen LogP) is 8.32. The summed E-state index contributed by atoms with van der Waals surface area (Å²) in [4.78, 5) is 42.6. The first-order valence-electron chi connectivity index (χ1n) is 18.8. The predicted molar refractivity (Wildman–Crippen MR) is 197 cm³/mol. The van der Waals surface area contributed by atoms with Crippen molar-refractivity contribution in [1.82, 2.24) is 19.9 Å². The van der Waals surface area contributed by atoms with Gasteiger partial charge < -0.3 is 23.5 Å². The molecule has 11 nitrogen and oxygen atoms in total. The highest BCUT2D eigenvalue weighted by Crippen LogP contribution is 2.38. The van der Waals surface area contributed by atoms with Crippen LogP contribution in [0.5, 0.6) is 5.75 Å². The number of likely N-dealkylation sites (tertiary alicyclic amines) is 1. The highest BCUT2D eigenvalue weighted by Gasteiger charge is 2.33. The number of carbonyl (C=O) groups excluding carboxylic acids is 2. The maximum absolute atomic E-state index is 13.9. The number of aryl methyl sites for hydroxylation is 1. The molecule has 0 aromatic carbocycles. The molecule has 278 valence electrons. The fraction of sp³-hybridized carbons (Fsp3) is 0.625. The van der Waals surface area contributed by atoms with E-state index in [1.165, 1.54) is 13.5 Å². The van der Waals surface area contributed by atoms with E-state index in [0.717, 1.165) is 91.5 Å². The lowest BCUT2D eigenvalue weighted by Crippen LogP contribution is -2.55.